The highest BCUT2D eigenvalue weighted by Crippen LogP contribution is 2.21. The fraction of sp³-hybridized carbons (Fsp3) is 0.423. The number of hydrogen-bond acceptors (Lipinski definition) is 9. The molecule has 1 saturated heterocycles. The van der Waals surface area contributed by atoms with Crippen LogP contribution < -0.4 is 10.2 Å². The van der Waals surface area contributed by atoms with Gasteiger partial charge in [0, 0.05) is 84.1 Å². The monoisotopic (exact) mass is 487 g/mol. The van der Waals surface area contributed by atoms with Gasteiger partial charge in [-0.2, -0.15) is 0 Å². The SMILES string of the molecule is CN1CCCN(C)c2ccc(cn2)-c2ccnc(n2)Nc2cncc(c2)CN2CCN(CC2)CC1=O. The number of anilines is 3. The largest absolute Gasteiger partial charge is 0.360 e. The Morgan fingerprint density at radius 2 is 1.61 bits per heavy atom. The number of aromatic nitrogens is 4. The summed E-state index contributed by atoms with van der Waals surface area (Å²) in [5, 5.41) is 3.30. The fourth-order valence-electron chi connectivity index (χ4n) is 4.57. The van der Waals surface area contributed by atoms with Crippen molar-refractivity contribution in [3.05, 3.63) is 54.6 Å². The van der Waals surface area contributed by atoms with Crippen molar-refractivity contribution in [2.24, 2.45) is 0 Å². The van der Waals surface area contributed by atoms with E-state index >= 15 is 0 Å². The first-order valence-electron chi connectivity index (χ1n) is 12.4. The van der Waals surface area contributed by atoms with Crippen molar-refractivity contribution in [3.63, 3.8) is 0 Å². The molecule has 0 saturated carbocycles. The summed E-state index contributed by atoms with van der Waals surface area (Å²) in [6.45, 7) is 6.45. The molecule has 8 heterocycles. The lowest BCUT2D eigenvalue weighted by Crippen LogP contribution is -2.49. The molecule has 0 aromatic carbocycles. The minimum absolute atomic E-state index is 0.179. The van der Waals surface area contributed by atoms with Crippen LogP contribution in [0.1, 0.15) is 12.0 Å². The minimum atomic E-state index is 0.179. The molecule has 1 N–H and O–H groups in total. The number of nitrogens with zero attached hydrogens (tertiary/aromatic N) is 8. The average Bonchev–Trinajstić information content (AvgIpc) is 2.89. The van der Waals surface area contributed by atoms with Crippen LogP contribution in [0.5, 0.6) is 0 Å². The summed E-state index contributed by atoms with van der Waals surface area (Å²) in [6, 6.07) is 8.00. The van der Waals surface area contributed by atoms with Gasteiger partial charge in [0.15, 0.2) is 0 Å². The van der Waals surface area contributed by atoms with Gasteiger partial charge >= 0.3 is 0 Å². The summed E-state index contributed by atoms with van der Waals surface area (Å²) in [5.41, 5.74) is 3.70. The zero-order valence-electron chi connectivity index (χ0n) is 21.0. The van der Waals surface area contributed by atoms with Crippen molar-refractivity contribution in [3.8, 4) is 11.3 Å². The van der Waals surface area contributed by atoms with Gasteiger partial charge in [0.1, 0.15) is 5.82 Å². The lowest BCUT2D eigenvalue weighted by atomic mass is 10.2. The van der Waals surface area contributed by atoms with E-state index in [1.807, 2.05) is 49.6 Å². The molecule has 0 spiro atoms. The van der Waals surface area contributed by atoms with Gasteiger partial charge < -0.3 is 15.1 Å². The van der Waals surface area contributed by atoms with Gasteiger partial charge in [0.2, 0.25) is 11.9 Å². The van der Waals surface area contributed by atoms with Crippen LogP contribution in [0, 0.1) is 0 Å². The third-order valence-electron chi connectivity index (χ3n) is 6.78. The van der Waals surface area contributed by atoms with Crippen LogP contribution in [0.25, 0.3) is 11.3 Å². The molecule has 8 rings (SSSR count). The molecule has 1 fully saturated rings. The van der Waals surface area contributed by atoms with Gasteiger partial charge in [-0.25, -0.2) is 15.0 Å². The van der Waals surface area contributed by atoms with Gasteiger partial charge in [-0.15, -0.1) is 0 Å². The van der Waals surface area contributed by atoms with E-state index in [9.17, 15) is 4.79 Å². The lowest BCUT2D eigenvalue weighted by molar-refractivity contribution is -0.131. The second-order valence-corrected chi connectivity index (χ2v) is 9.52. The van der Waals surface area contributed by atoms with E-state index in [1.54, 1.807) is 12.4 Å². The molecule has 0 aliphatic carbocycles. The Morgan fingerprint density at radius 1 is 0.833 bits per heavy atom. The smallest absolute Gasteiger partial charge is 0.236 e. The first kappa shape index (κ1) is 24.1. The molecule has 0 unspecified atom stereocenters. The fourth-order valence-corrected chi connectivity index (χ4v) is 4.57. The maximum Gasteiger partial charge on any atom is 0.236 e. The van der Waals surface area contributed by atoms with Crippen molar-refractivity contribution >= 4 is 23.4 Å². The summed E-state index contributed by atoms with van der Waals surface area (Å²) in [7, 11) is 3.93. The predicted octanol–water partition coefficient (Wildman–Crippen LogP) is 2.09. The first-order valence-corrected chi connectivity index (χ1v) is 12.4. The molecule has 0 radical (unpaired) electrons. The maximum atomic E-state index is 12.8. The Balaban J connectivity index is 1.38. The summed E-state index contributed by atoms with van der Waals surface area (Å²) in [6.07, 6.45) is 8.15. The zero-order chi connectivity index (χ0) is 24.9. The van der Waals surface area contributed by atoms with Gasteiger partial charge in [0.25, 0.3) is 0 Å². The van der Waals surface area contributed by atoms with Crippen LogP contribution in [0.2, 0.25) is 0 Å². The highest BCUT2D eigenvalue weighted by Gasteiger charge is 2.21. The second-order valence-electron chi connectivity index (χ2n) is 9.52. The Kier molecular flexibility index (Phi) is 7.33. The molecule has 10 heteroatoms. The number of pyridine rings is 2. The number of piperazine rings is 1. The van der Waals surface area contributed by atoms with Crippen molar-refractivity contribution in [1.29, 1.82) is 0 Å². The van der Waals surface area contributed by atoms with E-state index < -0.39 is 0 Å². The third-order valence-corrected chi connectivity index (χ3v) is 6.78. The molecular formula is C26H33N9O. The van der Waals surface area contributed by atoms with Crippen LogP contribution in [0.15, 0.2) is 49.1 Å². The van der Waals surface area contributed by atoms with E-state index in [0.29, 0.717) is 12.5 Å². The lowest BCUT2D eigenvalue weighted by Gasteiger charge is -2.35. The summed E-state index contributed by atoms with van der Waals surface area (Å²) in [5.74, 6) is 1.59. The molecule has 5 aliphatic heterocycles. The van der Waals surface area contributed by atoms with Crippen LogP contribution in [0.3, 0.4) is 0 Å². The Bertz CT molecular complexity index is 1180. The number of hydrogen-bond donors (Lipinski definition) is 1. The van der Waals surface area contributed by atoms with Gasteiger partial charge in [-0.1, -0.05) is 0 Å². The number of nitrogens with one attached hydrogen (secondary N) is 1. The number of likely N-dealkylation sites (N-methyl/N-ethyl adjacent to an activating group) is 1. The van der Waals surface area contributed by atoms with Crippen LogP contribution in [-0.4, -0.2) is 100 Å². The standard InChI is InChI=1S/C26H33N9O/c1-32-8-3-9-33(2)25(36)19-35-12-10-34(11-13-35)18-20-14-22(17-27-15-20)30-26-28-7-6-23(31-26)21-4-5-24(32)29-16-21/h4-7,14-17H,3,8-13,18-19H2,1-2H3,(H,28,30,31). The van der Waals surface area contributed by atoms with E-state index in [2.05, 4.69) is 41.0 Å². The summed E-state index contributed by atoms with van der Waals surface area (Å²) < 4.78 is 0. The van der Waals surface area contributed by atoms with Crippen molar-refractivity contribution in [2.45, 2.75) is 13.0 Å². The molecule has 8 bridgehead atoms. The molecular weight excluding hydrogens is 454 g/mol. The van der Waals surface area contributed by atoms with Gasteiger partial charge in [-0.05, 0) is 36.2 Å². The number of amides is 1. The predicted molar refractivity (Wildman–Crippen MR) is 140 cm³/mol. The van der Waals surface area contributed by atoms with E-state index in [4.69, 9.17) is 4.98 Å². The molecule has 3 aromatic heterocycles. The molecule has 1 amide bonds. The summed E-state index contributed by atoms with van der Waals surface area (Å²) in [4.78, 5) is 39.5. The Morgan fingerprint density at radius 3 is 2.39 bits per heavy atom. The minimum Gasteiger partial charge on any atom is -0.360 e. The summed E-state index contributed by atoms with van der Waals surface area (Å²) >= 11 is 0. The molecule has 188 valence electrons. The van der Waals surface area contributed by atoms with E-state index in [-0.39, 0.29) is 5.91 Å². The Hall–Kier alpha value is -3.63. The number of carbonyl (C=O) groups is 1. The normalized spacial score (nSPS) is 21.3. The molecule has 0 atom stereocenters. The van der Waals surface area contributed by atoms with Gasteiger partial charge in [0.05, 0.1) is 24.1 Å². The van der Waals surface area contributed by atoms with Crippen LogP contribution >= 0.6 is 0 Å². The van der Waals surface area contributed by atoms with Crippen molar-refractivity contribution in [1.82, 2.24) is 34.6 Å². The van der Waals surface area contributed by atoms with Crippen LogP contribution in [-0.2, 0) is 11.3 Å². The highest BCUT2D eigenvalue weighted by atomic mass is 16.2. The van der Waals surface area contributed by atoms with E-state index in [0.717, 1.165) is 80.6 Å². The van der Waals surface area contributed by atoms with E-state index in [1.165, 1.54) is 0 Å². The molecule has 36 heavy (non-hydrogen) atoms. The highest BCUT2D eigenvalue weighted by molar-refractivity contribution is 5.78. The van der Waals surface area contributed by atoms with Crippen LogP contribution in [0.4, 0.5) is 17.5 Å². The molecule has 3 aromatic rings. The maximum absolute atomic E-state index is 12.8. The van der Waals surface area contributed by atoms with Crippen molar-refractivity contribution < 1.29 is 4.79 Å². The molecule has 10 nitrogen and oxygen atoms in total. The quantitative estimate of drug-likeness (QED) is 0.512. The number of rotatable bonds is 0. The topological polar surface area (TPSA) is 93.6 Å². The number of carbonyl (C=O) groups excluding carboxylic acids is 1. The second kappa shape index (κ2) is 11.0. The van der Waals surface area contributed by atoms with Crippen molar-refractivity contribution in [2.75, 3.05) is 70.1 Å². The molecule has 5 aliphatic rings. The Labute approximate surface area is 212 Å². The third kappa shape index (κ3) is 5.95. The zero-order valence-corrected chi connectivity index (χ0v) is 21.0. The first-order chi connectivity index (χ1) is 17.5. The average molecular weight is 488 g/mol. The van der Waals surface area contributed by atoms with Gasteiger partial charge in [-0.3, -0.25) is 19.6 Å².